The van der Waals surface area contributed by atoms with Crippen molar-refractivity contribution >= 4 is 11.6 Å². The van der Waals surface area contributed by atoms with Crippen LogP contribution in [0.5, 0.6) is 0 Å². The first-order valence-electron chi connectivity index (χ1n) is 8.72. The van der Waals surface area contributed by atoms with Gasteiger partial charge in [0.2, 0.25) is 0 Å². The van der Waals surface area contributed by atoms with Crippen molar-refractivity contribution in [3.05, 3.63) is 65.7 Å². The largest absolute Gasteiger partial charge is 0.416 e. The Balaban J connectivity index is 1.75. The van der Waals surface area contributed by atoms with Gasteiger partial charge in [-0.25, -0.2) is 4.98 Å². The summed E-state index contributed by atoms with van der Waals surface area (Å²) >= 11 is 0. The van der Waals surface area contributed by atoms with Gasteiger partial charge in [0.25, 0.3) is 5.91 Å². The van der Waals surface area contributed by atoms with Gasteiger partial charge in [-0.3, -0.25) is 9.48 Å². The second kappa shape index (κ2) is 6.74. The molecule has 29 heavy (non-hydrogen) atoms. The first-order chi connectivity index (χ1) is 13.8. The second-order valence-electron chi connectivity index (χ2n) is 6.70. The van der Waals surface area contributed by atoms with E-state index in [4.69, 9.17) is 5.26 Å². The number of hydrogen-bond acceptors (Lipinski definition) is 4. The molecule has 146 valence electrons. The summed E-state index contributed by atoms with van der Waals surface area (Å²) in [5.41, 5.74) is 1.29. The molecule has 4 rings (SSSR count). The molecule has 0 spiro atoms. The molecule has 2 aromatic heterocycles. The minimum atomic E-state index is -4.44. The van der Waals surface area contributed by atoms with E-state index < -0.39 is 11.7 Å². The molecule has 1 aliphatic heterocycles. The van der Waals surface area contributed by atoms with Crippen molar-refractivity contribution in [1.82, 2.24) is 14.8 Å². The van der Waals surface area contributed by atoms with Gasteiger partial charge in [0.05, 0.1) is 17.8 Å². The molecular weight excluding hydrogens is 383 g/mol. The normalized spacial score (nSPS) is 16.4. The quantitative estimate of drug-likeness (QED) is 0.654. The van der Waals surface area contributed by atoms with E-state index in [-0.39, 0.29) is 24.2 Å². The fourth-order valence-corrected chi connectivity index (χ4v) is 3.39. The van der Waals surface area contributed by atoms with Gasteiger partial charge in [-0.1, -0.05) is 0 Å². The number of nitriles is 1. The predicted molar refractivity (Wildman–Crippen MR) is 98.0 cm³/mol. The lowest BCUT2D eigenvalue weighted by Crippen LogP contribution is -2.42. The number of halogens is 3. The van der Waals surface area contributed by atoms with E-state index in [1.807, 2.05) is 13.0 Å². The van der Waals surface area contributed by atoms with E-state index in [2.05, 4.69) is 10.1 Å². The van der Waals surface area contributed by atoms with Gasteiger partial charge < -0.3 is 4.90 Å². The summed E-state index contributed by atoms with van der Waals surface area (Å²) in [6, 6.07) is 9.51. The van der Waals surface area contributed by atoms with E-state index in [1.165, 1.54) is 23.2 Å². The molecule has 0 saturated heterocycles. The zero-order chi connectivity index (χ0) is 20.8. The maximum Gasteiger partial charge on any atom is 0.416 e. The van der Waals surface area contributed by atoms with Crippen molar-refractivity contribution < 1.29 is 18.0 Å². The molecule has 0 radical (unpaired) electrons. The molecule has 0 aliphatic carbocycles. The first kappa shape index (κ1) is 18.7. The summed E-state index contributed by atoms with van der Waals surface area (Å²) in [4.78, 5) is 18.6. The fraction of sp³-hybridized carbons (Fsp3) is 0.200. The van der Waals surface area contributed by atoms with Crippen molar-refractivity contribution in [1.29, 1.82) is 5.26 Å². The molecule has 1 unspecified atom stereocenters. The van der Waals surface area contributed by atoms with E-state index >= 15 is 0 Å². The third-order valence-electron chi connectivity index (χ3n) is 4.80. The smallest absolute Gasteiger partial charge is 0.305 e. The summed E-state index contributed by atoms with van der Waals surface area (Å²) in [6.07, 6.45) is -1.41. The minimum absolute atomic E-state index is 0.184. The van der Waals surface area contributed by atoms with Crippen molar-refractivity contribution in [2.75, 3.05) is 11.4 Å². The van der Waals surface area contributed by atoms with Crippen LogP contribution in [0.15, 0.2) is 48.8 Å². The lowest BCUT2D eigenvalue weighted by atomic mass is 10.0. The second-order valence-corrected chi connectivity index (χ2v) is 6.70. The summed E-state index contributed by atoms with van der Waals surface area (Å²) in [5.74, 6) is -0.370. The van der Waals surface area contributed by atoms with Crippen LogP contribution in [0.2, 0.25) is 0 Å². The first-order valence-corrected chi connectivity index (χ1v) is 8.72. The molecular formula is C20H14F3N5O. The van der Waals surface area contributed by atoms with Gasteiger partial charge in [0.1, 0.15) is 17.5 Å². The Labute approximate surface area is 163 Å². The molecule has 3 heterocycles. The summed E-state index contributed by atoms with van der Waals surface area (Å²) in [7, 11) is 0. The Bertz CT molecular complexity index is 1130. The molecule has 6 nitrogen and oxygen atoms in total. The van der Waals surface area contributed by atoms with E-state index in [9.17, 15) is 18.0 Å². The fourth-order valence-electron chi connectivity index (χ4n) is 3.39. The lowest BCUT2D eigenvalue weighted by molar-refractivity contribution is -0.137. The number of amides is 1. The molecule has 0 bridgehead atoms. The number of carbonyl (C=O) groups excluding carboxylic acids is 1. The molecule has 0 fully saturated rings. The number of pyridine rings is 1. The highest BCUT2D eigenvalue weighted by atomic mass is 19.4. The third kappa shape index (κ3) is 3.23. The van der Waals surface area contributed by atoms with Gasteiger partial charge in [0.15, 0.2) is 0 Å². The number of hydrogen-bond donors (Lipinski definition) is 0. The molecule has 0 saturated carbocycles. The Morgan fingerprint density at radius 1 is 1.21 bits per heavy atom. The number of rotatable bonds is 2. The van der Waals surface area contributed by atoms with Gasteiger partial charge >= 0.3 is 6.18 Å². The number of fused-ring (bicyclic) bond motifs is 1. The number of carbonyl (C=O) groups is 1. The van der Waals surface area contributed by atoms with Crippen molar-refractivity contribution in [2.45, 2.75) is 19.1 Å². The van der Waals surface area contributed by atoms with Gasteiger partial charge in [-0.2, -0.15) is 23.5 Å². The molecule has 1 atom stereocenters. The Kier molecular flexibility index (Phi) is 4.34. The standard InChI is InChI=1S/C20H14F3N5O/c1-12-11-27(16-4-2-14(3-5-16)20(21,22)23)19(29)18-17(10-26-28(12)18)13-6-7-25-15(8-13)9-24/h2-8,10,12H,11H2,1H3. The summed E-state index contributed by atoms with van der Waals surface area (Å²) in [5, 5.41) is 13.4. The topological polar surface area (TPSA) is 74.8 Å². The monoisotopic (exact) mass is 397 g/mol. The van der Waals surface area contributed by atoms with Crippen LogP contribution in [0.4, 0.5) is 18.9 Å². The summed E-state index contributed by atoms with van der Waals surface area (Å²) < 4.78 is 40.1. The van der Waals surface area contributed by atoms with Crippen molar-refractivity contribution in [3.63, 3.8) is 0 Å². The number of anilines is 1. The van der Waals surface area contributed by atoms with E-state index in [1.54, 1.807) is 23.0 Å². The number of benzene rings is 1. The maximum absolute atomic E-state index is 13.2. The van der Waals surface area contributed by atoms with E-state index in [0.717, 1.165) is 12.1 Å². The molecule has 3 aromatic rings. The average Bonchev–Trinajstić information content (AvgIpc) is 3.16. The Morgan fingerprint density at radius 3 is 2.59 bits per heavy atom. The zero-order valence-electron chi connectivity index (χ0n) is 15.2. The highest BCUT2D eigenvalue weighted by molar-refractivity contribution is 6.09. The minimum Gasteiger partial charge on any atom is -0.305 e. The Hall–Kier alpha value is -3.67. The van der Waals surface area contributed by atoms with Gasteiger partial charge in [-0.05, 0) is 48.9 Å². The highest BCUT2D eigenvalue weighted by Crippen LogP contribution is 2.34. The van der Waals surface area contributed by atoms with Gasteiger partial charge in [0, 0.05) is 24.0 Å². The molecule has 1 aliphatic rings. The van der Waals surface area contributed by atoms with Crippen molar-refractivity contribution in [2.24, 2.45) is 0 Å². The van der Waals surface area contributed by atoms with Crippen LogP contribution in [0.1, 0.15) is 34.7 Å². The van der Waals surface area contributed by atoms with Crippen molar-refractivity contribution in [3.8, 4) is 17.2 Å². The third-order valence-corrected chi connectivity index (χ3v) is 4.80. The van der Waals surface area contributed by atoms with Crippen LogP contribution in [0, 0.1) is 11.3 Å². The maximum atomic E-state index is 13.2. The van der Waals surface area contributed by atoms with Gasteiger partial charge in [-0.15, -0.1) is 0 Å². The zero-order valence-corrected chi connectivity index (χ0v) is 15.2. The number of aromatic nitrogens is 3. The average molecular weight is 397 g/mol. The highest BCUT2D eigenvalue weighted by Gasteiger charge is 2.35. The van der Waals surface area contributed by atoms with Crippen LogP contribution in [-0.4, -0.2) is 27.2 Å². The molecule has 0 N–H and O–H groups in total. The van der Waals surface area contributed by atoms with E-state index in [0.29, 0.717) is 22.5 Å². The Morgan fingerprint density at radius 2 is 1.93 bits per heavy atom. The molecule has 1 amide bonds. The van der Waals surface area contributed by atoms with Crippen LogP contribution in [0.3, 0.4) is 0 Å². The summed E-state index contributed by atoms with van der Waals surface area (Å²) in [6.45, 7) is 2.15. The predicted octanol–water partition coefficient (Wildman–Crippen LogP) is 4.06. The van der Waals surface area contributed by atoms with Crippen LogP contribution in [0.25, 0.3) is 11.1 Å². The van der Waals surface area contributed by atoms with Crippen LogP contribution < -0.4 is 4.90 Å². The SMILES string of the molecule is CC1CN(c2ccc(C(F)(F)F)cc2)C(=O)c2c(-c3ccnc(C#N)c3)cnn21. The number of alkyl halides is 3. The van der Waals surface area contributed by atoms with Crippen LogP contribution in [-0.2, 0) is 6.18 Å². The molecule has 9 heteroatoms. The van der Waals surface area contributed by atoms with Crippen LogP contribution >= 0.6 is 0 Å². The number of nitrogens with zero attached hydrogens (tertiary/aromatic N) is 5. The molecule has 1 aromatic carbocycles. The lowest BCUT2D eigenvalue weighted by Gasteiger charge is -2.32.